The molecule has 0 unspecified atom stereocenters. The lowest BCUT2D eigenvalue weighted by Crippen LogP contribution is -2.24. The first-order valence-electron chi connectivity index (χ1n) is 17.6. The van der Waals surface area contributed by atoms with E-state index in [2.05, 4.69) is 22.0 Å². The maximum Gasteiger partial charge on any atom is 0.293 e. The first-order chi connectivity index (χ1) is 25.9. The van der Waals surface area contributed by atoms with E-state index in [0.717, 1.165) is 12.1 Å². The molecule has 1 fully saturated rings. The summed E-state index contributed by atoms with van der Waals surface area (Å²) in [6.07, 6.45) is -6.73. The number of hydrogen-bond donors (Lipinski definition) is 1. The van der Waals surface area contributed by atoms with Crippen molar-refractivity contribution in [1.82, 2.24) is 24.5 Å². The molecule has 0 radical (unpaired) electrons. The van der Waals surface area contributed by atoms with Gasteiger partial charge in [-0.1, -0.05) is 24.1 Å². The Morgan fingerprint density at radius 3 is 2.42 bits per heavy atom. The highest BCUT2D eigenvalue weighted by Gasteiger charge is 2.67. The third-order valence-corrected chi connectivity index (χ3v) is 10.0. The zero-order chi connectivity index (χ0) is 39.6. The standard InChI is InChI=1S/C40H35F8N5O2/c1-39(2,55)12-11-24-7-8-26(27-5-4-6-28-31(9-10-32(43)44)50-52(3)36(27)28)34(49-24)21(13-20-14-22(41)17-23(42)15-20)16-25(54)19-53-37-33(35(51-53)38(45)46)29-18-30(29)40(37,47)48/h4-8,14-15,17,21,29-30,32,38,55H,9-10,13,16,18-19H2,1-3H3/t21-,29+,30-/m1/s1. The molecule has 0 aliphatic heterocycles. The van der Waals surface area contributed by atoms with E-state index in [9.17, 15) is 36.2 Å². The van der Waals surface area contributed by atoms with Gasteiger partial charge in [0.2, 0.25) is 6.43 Å². The molecular weight excluding hydrogens is 734 g/mol. The normalized spacial score (nSPS) is 17.7. The predicted octanol–water partition coefficient (Wildman–Crippen LogP) is 8.56. The van der Waals surface area contributed by atoms with Crippen LogP contribution in [0.2, 0.25) is 0 Å². The summed E-state index contributed by atoms with van der Waals surface area (Å²) in [5, 5.41) is 19.2. The monoisotopic (exact) mass is 769 g/mol. The highest BCUT2D eigenvalue weighted by atomic mass is 19.3. The number of hydrogen-bond acceptors (Lipinski definition) is 5. The number of carbonyl (C=O) groups is 1. The number of benzene rings is 2. The van der Waals surface area contributed by atoms with Crippen molar-refractivity contribution in [1.29, 1.82) is 0 Å². The lowest BCUT2D eigenvalue weighted by Gasteiger charge is -2.21. The summed E-state index contributed by atoms with van der Waals surface area (Å²) in [6, 6.07) is 11.2. The van der Waals surface area contributed by atoms with Gasteiger partial charge in [-0.15, -0.1) is 0 Å². The maximum absolute atomic E-state index is 15.4. The average molecular weight is 770 g/mol. The number of nitrogens with zero attached hydrogens (tertiary/aromatic N) is 5. The molecule has 1 N–H and O–H groups in total. The van der Waals surface area contributed by atoms with Crippen molar-refractivity contribution in [2.45, 2.75) is 88.7 Å². The molecule has 0 amide bonds. The number of fused-ring (bicyclic) bond motifs is 4. The van der Waals surface area contributed by atoms with E-state index < -0.39 is 90.3 Å². The van der Waals surface area contributed by atoms with Gasteiger partial charge in [0.15, 0.2) is 5.78 Å². The Labute approximate surface area is 310 Å². The van der Waals surface area contributed by atoms with E-state index >= 15 is 8.78 Å². The Morgan fingerprint density at radius 1 is 1.02 bits per heavy atom. The second-order valence-electron chi connectivity index (χ2n) is 14.7. The third-order valence-electron chi connectivity index (χ3n) is 10.0. The topological polar surface area (TPSA) is 85.8 Å². The number of ketones is 1. The van der Waals surface area contributed by atoms with Crippen LogP contribution in [0.1, 0.15) is 91.0 Å². The van der Waals surface area contributed by atoms with E-state index in [1.165, 1.54) is 18.5 Å². The number of pyridine rings is 1. The maximum atomic E-state index is 15.4. The Balaban J connectivity index is 1.35. The van der Waals surface area contributed by atoms with Crippen LogP contribution in [-0.4, -0.2) is 47.5 Å². The predicted molar refractivity (Wildman–Crippen MR) is 186 cm³/mol. The van der Waals surface area contributed by atoms with Gasteiger partial charge in [-0.05, 0) is 74.8 Å². The van der Waals surface area contributed by atoms with Crippen molar-refractivity contribution in [3.63, 3.8) is 0 Å². The first-order valence-corrected chi connectivity index (χ1v) is 17.6. The van der Waals surface area contributed by atoms with Crippen molar-refractivity contribution < 1.29 is 45.0 Å². The average Bonchev–Trinajstić information content (AvgIpc) is 3.64. The van der Waals surface area contributed by atoms with Crippen LogP contribution >= 0.6 is 0 Å². The van der Waals surface area contributed by atoms with Gasteiger partial charge in [0.1, 0.15) is 40.9 Å². The van der Waals surface area contributed by atoms with Gasteiger partial charge >= 0.3 is 0 Å². The first kappa shape index (κ1) is 38.2. The summed E-state index contributed by atoms with van der Waals surface area (Å²) in [7, 11) is 1.64. The Morgan fingerprint density at radius 2 is 1.75 bits per heavy atom. The number of aromatic nitrogens is 5. The number of alkyl halides is 6. The molecule has 55 heavy (non-hydrogen) atoms. The van der Waals surface area contributed by atoms with Gasteiger partial charge in [-0.2, -0.15) is 19.0 Å². The van der Waals surface area contributed by atoms with Crippen molar-refractivity contribution >= 4 is 16.7 Å². The molecule has 0 spiro atoms. The lowest BCUT2D eigenvalue weighted by molar-refractivity contribution is -0.120. The van der Waals surface area contributed by atoms with Gasteiger partial charge in [0, 0.05) is 59.9 Å². The minimum Gasteiger partial charge on any atom is -0.378 e. The fourth-order valence-corrected chi connectivity index (χ4v) is 7.72. The molecule has 2 aromatic carbocycles. The number of carbonyl (C=O) groups excluding carboxylic acids is 1. The van der Waals surface area contributed by atoms with Crippen LogP contribution in [0.15, 0.2) is 48.5 Å². The second-order valence-corrected chi connectivity index (χ2v) is 14.7. The van der Waals surface area contributed by atoms with Gasteiger partial charge in [0.25, 0.3) is 12.3 Å². The highest BCUT2D eigenvalue weighted by Crippen LogP contribution is 2.68. The molecule has 3 atom stereocenters. The molecule has 1 saturated carbocycles. The fraction of sp³-hybridized carbons (Fsp3) is 0.400. The summed E-state index contributed by atoms with van der Waals surface area (Å²) < 4.78 is 116. The number of aryl methyl sites for hydroxylation is 2. The number of Topliss-reactive ketones (excluding diaryl/α,β-unsaturated/α-hetero) is 1. The number of para-hydroxylation sites is 1. The molecule has 2 aliphatic carbocycles. The smallest absolute Gasteiger partial charge is 0.293 e. The molecule has 7 rings (SSSR count). The van der Waals surface area contributed by atoms with E-state index in [-0.39, 0.29) is 41.8 Å². The Hall–Kier alpha value is -5.10. The molecule has 0 bridgehead atoms. The van der Waals surface area contributed by atoms with Crippen molar-refractivity contribution in [2.75, 3.05) is 0 Å². The van der Waals surface area contributed by atoms with Crippen LogP contribution in [0.5, 0.6) is 0 Å². The molecular formula is C40H35F8N5O2. The Bertz CT molecular complexity index is 2350. The highest BCUT2D eigenvalue weighted by molar-refractivity contribution is 5.96. The minimum atomic E-state index is -3.46. The summed E-state index contributed by atoms with van der Waals surface area (Å²) in [4.78, 5) is 18.8. The third kappa shape index (κ3) is 7.61. The van der Waals surface area contributed by atoms with Crippen molar-refractivity contribution in [3.05, 3.63) is 99.8 Å². The van der Waals surface area contributed by atoms with Crippen LogP contribution in [0.4, 0.5) is 35.1 Å². The zero-order valence-electron chi connectivity index (χ0n) is 29.9. The molecule has 0 saturated heterocycles. The second kappa shape index (κ2) is 14.2. The molecule has 288 valence electrons. The lowest BCUT2D eigenvalue weighted by atomic mass is 9.86. The van der Waals surface area contributed by atoms with Crippen molar-refractivity contribution in [3.8, 4) is 23.0 Å². The molecule has 3 heterocycles. The molecule has 5 aromatic rings. The fourth-order valence-electron chi connectivity index (χ4n) is 7.72. The molecule has 2 aliphatic rings. The summed E-state index contributed by atoms with van der Waals surface area (Å²) >= 11 is 0. The number of halogens is 8. The number of rotatable bonds is 12. The molecule has 15 heteroatoms. The number of aliphatic hydroxyl groups is 1. The van der Waals surface area contributed by atoms with Gasteiger partial charge < -0.3 is 5.11 Å². The van der Waals surface area contributed by atoms with Crippen molar-refractivity contribution in [2.24, 2.45) is 13.0 Å². The minimum absolute atomic E-state index is 0.0117. The summed E-state index contributed by atoms with van der Waals surface area (Å²) in [5.74, 6) is -3.38. The largest absolute Gasteiger partial charge is 0.378 e. The summed E-state index contributed by atoms with van der Waals surface area (Å²) in [6.45, 7) is 2.14. The zero-order valence-corrected chi connectivity index (χ0v) is 29.9. The van der Waals surface area contributed by atoms with E-state index in [4.69, 9.17) is 4.98 Å². The van der Waals surface area contributed by atoms with Crippen LogP contribution in [0.25, 0.3) is 22.0 Å². The van der Waals surface area contributed by atoms with Gasteiger partial charge in [-0.25, -0.2) is 31.3 Å². The van der Waals surface area contributed by atoms with Gasteiger partial charge in [0.05, 0.1) is 16.9 Å². The van der Waals surface area contributed by atoms with Crippen LogP contribution in [-0.2, 0) is 37.2 Å². The van der Waals surface area contributed by atoms with Crippen LogP contribution < -0.4 is 0 Å². The van der Waals surface area contributed by atoms with E-state index in [1.807, 2.05) is 0 Å². The summed E-state index contributed by atoms with van der Waals surface area (Å²) in [5.41, 5.74) is -0.719. The quantitative estimate of drug-likeness (QED) is 0.102. The van der Waals surface area contributed by atoms with Crippen LogP contribution in [0, 0.1) is 29.4 Å². The SMILES string of the molecule is Cn1nc(CCC(F)F)c2cccc(-c3ccc(C#CC(C)(C)O)nc3[C@@H](CC(=O)Cn3nc(C(F)F)c4c3C(F)(F)[C@@H]3C[C@H]43)Cc3cc(F)cc(F)c3)c21. The van der Waals surface area contributed by atoms with E-state index in [0.29, 0.717) is 38.5 Å². The van der Waals surface area contributed by atoms with E-state index in [1.54, 1.807) is 37.4 Å². The van der Waals surface area contributed by atoms with Gasteiger partial charge in [-0.3, -0.25) is 14.2 Å². The molecule has 7 nitrogen and oxygen atoms in total. The Kier molecular flexibility index (Phi) is 9.86. The molecule has 3 aromatic heterocycles. The van der Waals surface area contributed by atoms with Crippen LogP contribution in [0.3, 0.4) is 0 Å².